The normalized spacial score (nSPS) is 26.6. The molecule has 1 aliphatic carbocycles. The molecule has 0 radical (unpaired) electrons. The van der Waals surface area contributed by atoms with Gasteiger partial charge in [-0.1, -0.05) is 25.1 Å². The predicted molar refractivity (Wildman–Crippen MR) is 75.4 cm³/mol. The third-order valence-corrected chi connectivity index (χ3v) is 4.18. The van der Waals surface area contributed by atoms with Gasteiger partial charge in [0, 0.05) is 6.42 Å². The molecule has 0 saturated heterocycles. The first kappa shape index (κ1) is 13.2. The third kappa shape index (κ3) is 2.72. The molecule has 0 aliphatic heterocycles. The summed E-state index contributed by atoms with van der Waals surface area (Å²) < 4.78 is 1.77. The van der Waals surface area contributed by atoms with E-state index in [-0.39, 0.29) is 12.0 Å². The van der Waals surface area contributed by atoms with E-state index >= 15 is 0 Å². The van der Waals surface area contributed by atoms with Crippen LogP contribution in [0.25, 0.3) is 5.69 Å². The van der Waals surface area contributed by atoms with E-state index in [0.717, 1.165) is 37.2 Å². The van der Waals surface area contributed by atoms with Gasteiger partial charge in [-0.2, -0.15) is 4.68 Å². The minimum absolute atomic E-state index is 0.230. The van der Waals surface area contributed by atoms with Gasteiger partial charge < -0.3 is 5.11 Å². The Labute approximate surface area is 118 Å². The Bertz CT molecular complexity index is 554. The third-order valence-electron chi connectivity index (χ3n) is 4.18. The van der Waals surface area contributed by atoms with Crippen LogP contribution < -0.4 is 0 Å². The van der Waals surface area contributed by atoms with Crippen molar-refractivity contribution in [2.24, 2.45) is 11.8 Å². The van der Waals surface area contributed by atoms with E-state index in [1.54, 1.807) is 4.68 Å². The van der Waals surface area contributed by atoms with Crippen molar-refractivity contribution in [3.05, 3.63) is 36.2 Å². The first-order chi connectivity index (χ1) is 9.74. The molecule has 0 bridgehead atoms. The Morgan fingerprint density at radius 2 is 2.05 bits per heavy atom. The zero-order valence-electron chi connectivity index (χ0n) is 11.7. The van der Waals surface area contributed by atoms with Gasteiger partial charge in [0.1, 0.15) is 0 Å². The fraction of sp³-hybridized carbons (Fsp3) is 0.533. The molecule has 3 unspecified atom stereocenters. The molecule has 5 nitrogen and oxygen atoms in total. The lowest BCUT2D eigenvalue weighted by Crippen LogP contribution is -2.30. The monoisotopic (exact) mass is 272 g/mol. The zero-order valence-corrected chi connectivity index (χ0v) is 11.7. The van der Waals surface area contributed by atoms with Gasteiger partial charge in [0.15, 0.2) is 5.82 Å². The lowest BCUT2D eigenvalue weighted by Gasteiger charge is -2.31. The molecule has 1 fully saturated rings. The summed E-state index contributed by atoms with van der Waals surface area (Å²) in [7, 11) is 0. The molecule has 1 aromatic heterocycles. The highest BCUT2D eigenvalue weighted by Gasteiger charge is 2.28. The molecule has 1 aliphatic rings. The van der Waals surface area contributed by atoms with Crippen molar-refractivity contribution in [1.29, 1.82) is 0 Å². The number of aromatic nitrogens is 4. The molecule has 106 valence electrons. The van der Waals surface area contributed by atoms with Crippen molar-refractivity contribution >= 4 is 0 Å². The summed E-state index contributed by atoms with van der Waals surface area (Å²) in [5.74, 6) is 1.76. The van der Waals surface area contributed by atoms with Crippen LogP contribution in [0.15, 0.2) is 30.3 Å². The molecule has 0 amide bonds. The molecule has 1 N–H and O–H groups in total. The molecule has 1 saturated carbocycles. The largest absolute Gasteiger partial charge is 0.393 e. The molecule has 1 aromatic carbocycles. The summed E-state index contributed by atoms with van der Waals surface area (Å²) >= 11 is 0. The summed E-state index contributed by atoms with van der Waals surface area (Å²) in [6, 6.07) is 9.89. The van der Waals surface area contributed by atoms with E-state index in [9.17, 15) is 5.11 Å². The first-order valence-electron chi connectivity index (χ1n) is 7.25. The van der Waals surface area contributed by atoms with Gasteiger partial charge in [0.05, 0.1) is 11.8 Å². The lowest BCUT2D eigenvalue weighted by molar-refractivity contribution is 0.0507. The van der Waals surface area contributed by atoms with Crippen LogP contribution in [0.1, 0.15) is 32.0 Å². The van der Waals surface area contributed by atoms with Gasteiger partial charge in [-0.05, 0) is 53.7 Å². The summed E-state index contributed by atoms with van der Waals surface area (Å²) in [6.45, 7) is 2.25. The minimum Gasteiger partial charge on any atom is -0.393 e. The number of hydrogen-bond acceptors (Lipinski definition) is 4. The number of benzene rings is 1. The second-order valence-corrected chi connectivity index (χ2v) is 5.79. The number of para-hydroxylation sites is 1. The Balaban J connectivity index is 1.80. The quantitative estimate of drug-likeness (QED) is 0.928. The topological polar surface area (TPSA) is 63.8 Å². The van der Waals surface area contributed by atoms with Crippen molar-refractivity contribution in [3.63, 3.8) is 0 Å². The maximum atomic E-state index is 10.2. The van der Waals surface area contributed by atoms with Gasteiger partial charge in [-0.15, -0.1) is 5.10 Å². The van der Waals surface area contributed by atoms with Gasteiger partial charge in [-0.3, -0.25) is 0 Å². The molecule has 3 rings (SSSR count). The number of rotatable bonds is 3. The smallest absolute Gasteiger partial charge is 0.157 e. The van der Waals surface area contributed by atoms with Crippen molar-refractivity contribution in [1.82, 2.24) is 20.2 Å². The summed E-state index contributed by atoms with van der Waals surface area (Å²) in [6.07, 6.45) is 3.54. The van der Waals surface area contributed by atoms with E-state index in [1.807, 2.05) is 30.3 Å². The minimum atomic E-state index is -0.230. The van der Waals surface area contributed by atoms with Crippen molar-refractivity contribution in [2.45, 2.75) is 38.7 Å². The number of aliphatic hydroxyl groups is 1. The van der Waals surface area contributed by atoms with Crippen molar-refractivity contribution in [3.8, 4) is 5.69 Å². The van der Waals surface area contributed by atoms with Gasteiger partial charge in [-0.25, -0.2) is 0 Å². The van der Waals surface area contributed by atoms with E-state index in [2.05, 4.69) is 22.4 Å². The highest BCUT2D eigenvalue weighted by atomic mass is 16.3. The van der Waals surface area contributed by atoms with Crippen LogP contribution in [0.3, 0.4) is 0 Å². The maximum Gasteiger partial charge on any atom is 0.157 e. The maximum absolute atomic E-state index is 10.2. The number of aliphatic hydroxyl groups excluding tert-OH is 1. The number of tetrazole rings is 1. The zero-order chi connectivity index (χ0) is 13.9. The van der Waals surface area contributed by atoms with E-state index < -0.39 is 0 Å². The van der Waals surface area contributed by atoms with Crippen LogP contribution in [-0.2, 0) is 6.42 Å². The fourth-order valence-electron chi connectivity index (χ4n) is 3.04. The molecular weight excluding hydrogens is 252 g/mol. The average Bonchev–Trinajstić information content (AvgIpc) is 2.92. The van der Waals surface area contributed by atoms with E-state index in [4.69, 9.17) is 0 Å². The average molecular weight is 272 g/mol. The molecule has 5 heteroatoms. The van der Waals surface area contributed by atoms with Crippen molar-refractivity contribution in [2.75, 3.05) is 0 Å². The Kier molecular flexibility index (Phi) is 3.78. The molecule has 2 aromatic rings. The van der Waals surface area contributed by atoms with Crippen LogP contribution in [0.5, 0.6) is 0 Å². The van der Waals surface area contributed by atoms with Crippen LogP contribution in [0.2, 0.25) is 0 Å². The summed E-state index contributed by atoms with van der Waals surface area (Å²) in [5.41, 5.74) is 0.964. The van der Waals surface area contributed by atoms with E-state index in [1.165, 1.54) is 0 Å². The van der Waals surface area contributed by atoms with E-state index in [0.29, 0.717) is 5.92 Å². The molecule has 0 spiro atoms. The Morgan fingerprint density at radius 1 is 1.25 bits per heavy atom. The van der Waals surface area contributed by atoms with Crippen LogP contribution in [0, 0.1) is 11.8 Å². The second-order valence-electron chi connectivity index (χ2n) is 5.79. The molecular formula is C15H20N4O. The van der Waals surface area contributed by atoms with Crippen LogP contribution in [-0.4, -0.2) is 31.4 Å². The highest BCUT2D eigenvalue weighted by Crippen LogP contribution is 2.31. The fourth-order valence-corrected chi connectivity index (χ4v) is 3.04. The lowest BCUT2D eigenvalue weighted by atomic mass is 9.78. The van der Waals surface area contributed by atoms with Gasteiger partial charge in [0.2, 0.25) is 0 Å². The second kappa shape index (κ2) is 5.71. The van der Waals surface area contributed by atoms with Crippen LogP contribution >= 0.6 is 0 Å². The standard InChI is InChI=1S/C15H20N4O/c1-11-7-8-14(20)12(9-11)10-15-16-17-18-19(15)13-5-3-2-4-6-13/h2-6,11-12,14,20H,7-10H2,1H3. The molecule has 1 heterocycles. The van der Waals surface area contributed by atoms with Gasteiger partial charge >= 0.3 is 0 Å². The predicted octanol–water partition coefficient (Wildman–Crippen LogP) is 2.00. The number of nitrogens with zero attached hydrogens (tertiary/aromatic N) is 4. The van der Waals surface area contributed by atoms with Gasteiger partial charge in [0.25, 0.3) is 0 Å². The van der Waals surface area contributed by atoms with Crippen LogP contribution in [0.4, 0.5) is 0 Å². The Hall–Kier alpha value is -1.75. The molecule has 20 heavy (non-hydrogen) atoms. The first-order valence-corrected chi connectivity index (χ1v) is 7.25. The van der Waals surface area contributed by atoms with Crippen molar-refractivity contribution < 1.29 is 5.11 Å². The highest BCUT2D eigenvalue weighted by molar-refractivity contribution is 5.30. The Morgan fingerprint density at radius 3 is 2.85 bits per heavy atom. The summed E-state index contributed by atoms with van der Waals surface area (Å²) in [5, 5.41) is 22.2. The molecule has 3 atom stereocenters. The summed E-state index contributed by atoms with van der Waals surface area (Å²) in [4.78, 5) is 0. The SMILES string of the molecule is CC1CCC(O)C(Cc2nnnn2-c2ccccc2)C1. The number of hydrogen-bond donors (Lipinski definition) is 1.